The van der Waals surface area contributed by atoms with Crippen LogP contribution >= 0.6 is 0 Å². The molecule has 3 heteroatoms. The molecule has 2 N–H and O–H groups in total. The fourth-order valence-corrected chi connectivity index (χ4v) is 2.02. The summed E-state index contributed by atoms with van der Waals surface area (Å²) in [6.45, 7) is 2.20. The highest BCUT2D eigenvalue weighted by molar-refractivity contribution is 5.66. The number of unbranched alkanes of at least 4 members (excludes halogenated alkanes) is 7. The van der Waals surface area contributed by atoms with E-state index in [2.05, 4.69) is 6.92 Å². The van der Waals surface area contributed by atoms with Crippen molar-refractivity contribution in [1.29, 1.82) is 0 Å². The van der Waals surface area contributed by atoms with Crippen LogP contribution in [0.1, 0.15) is 77.6 Å². The van der Waals surface area contributed by atoms with Gasteiger partial charge in [-0.05, 0) is 25.7 Å². The molecule has 0 aromatic rings. The van der Waals surface area contributed by atoms with E-state index >= 15 is 0 Å². The van der Waals surface area contributed by atoms with Crippen molar-refractivity contribution in [1.82, 2.24) is 0 Å². The minimum Gasteiger partial charge on any atom is -0.481 e. The molecule has 3 nitrogen and oxygen atoms in total. The molecule has 0 rings (SSSR count). The van der Waals surface area contributed by atoms with Gasteiger partial charge in [0.1, 0.15) is 0 Å². The first-order valence-corrected chi connectivity index (χ1v) is 7.73. The zero-order valence-electron chi connectivity index (χ0n) is 12.3. The van der Waals surface area contributed by atoms with Crippen molar-refractivity contribution in [3.05, 3.63) is 12.2 Å². The minimum absolute atomic E-state index is 0.268. The molecule has 112 valence electrons. The Morgan fingerprint density at radius 2 is 1.74 bits per heavy atom. The van der Waals surface area contributed by atoms with E-state index in [9.17, 15) is 9.90 Å². The van der Waals surface area contributed by atoms with E-state index in [4.69, 9.17) is 5.11 Å². The highest BCUT2D eigenvalue weighted by atomic mass is 16.4. The second-order valence-electron chi connectivity index (χ2n) is 5.19. The molecule has 0 aromatic heterocycles. The van der Waals surface area contributed by atoms with Gasteiger partial charge in [-0.2, -0.15) is 0 Å². The van der Waals surface area contributed by atoms with Gasteiger partial charge in [0.2, 0.25) is 0 Å². The molecular formula is C16H30O3. The van der Waals surface area contributed by atoms with Crippen LogP contribution in [-0.2, 0) is 4.79 Å². The normalized spacial score (nSPS) is 12.9. The number of carboxylic acids is 1. The van der Waals surface area contributed by atoms with Gasteiger partial charge in [-0.15, -0.1) is 0 Å². The predicted octanol–water partition coefficient (Wildman–Crippen LogP) is 4.30. The van der Waals surface area contributed by atoms with Crippen molar-refractivity contribution in [3.8, 4) is 0 Å². The van der Waals surface area contributed by atoms with Crippen LogP contribution in [0.25, 0.3) is 0 Å². The Morgan fingerprint density at radius 1 is 1.05 bits per heavy atom. The van der Waals surface area contributed by atoms with Crippen LogP contribution < -0.4 is 0 Å². The SMILES string of the molecule is CCCCCCC[C@H](O)/C=C/CCCCCC(=O)O. The molecule has 0 radical (unpaired) electrons. The summed E-state index contributed by atoms with van der Waals surface area (Å²) in [7, 11) is 0. The summed E-state index contributed by atoms with van der Waals surface area (Å²) >= 11 is 0. The van der Waals surface area contributed by atoms with Gasteiger partial charge in [0, 0.05) is 6.42 Å². The Bertz CT molecular complexity index is 236. The van der Waals surface area contributed by atoms with Gasteiger partial charge in [-0.25, -0.2) is 0 Å². The third-order valence-electron chi connectivity index (χ3n) is 3.22. The average molecular weight is 270 g/mol. The number of rotatable bonds is 13. The lowest BCUT2D eigenvalue weighted by molar-refractivity contribution is -0.137. The molecule has 19 heavy (non-hydrogen) atoms. The van der Waals surface area contributed by atoms with Crippen LogP contribution in [0.15, 0.2) is 12.2 Å². The third-order valence-corrected chi connectivity index (χ3v) is 3.22. The van der Waals surface area contributed by atoms with E-state index in [1.54, 1.807) is 0 Å². The maximum absolute atomic E-state index is 10.3. The fraction of sp³-hybridized carbons (Fsp3) is 0.812. The average Bonchev–Trinajstić information content (AvgIpc) is 2.37. The van der Waals surface area contributed by atoms with Crippen LogP contribution in [0.3, 0.4) is 0 Å². The van der Waals surface area contributed by atoms with Crippen LogP contribution in [0, 0.1) is 0 Å². The molecule has 0 unspecified atom stereocenters. The van der Waals surface area contributed by atoms with Gasteiger partial charge in [0.25, 0.3) is 0 Å². The first-order valence-electron chi connectivity index (χ1n) is 7.73. The fourth-order valence-electron chi connectivity index (χ4n) is 2.02. The summed E-state index contributed by atoms with van der Waals surface area (Å²) in [6, 6.07) is 0. The second-order valence-corrected chi connectivity index (χ2v) is 5.19. The largest absolute Gasteiger partial charge is 0.481 e. The van der Waals surface area contributed by atoms with Gasteiger partial charge in [-0.1, -0.05) is 57.6 Å². The molecule has 0 fully saturated rings. The van der Waals surface area contributed by atoms with Gasteiger partial charge in [0.05, 0.1) is 6.10 Å². The topological polar surface area (TPSA) is 57.5 Å². The molecular weight excluding hydrogens is 240 g/mol. The van der Waals surface area contributed by atoms with E-state index in [-0.39, 0.29) is 12.5 Å². The smallest absolute Gasteiger partial charge is 0.303 e. The van der Waals surface area contributed by atoms with E-state index in [1.165, 1.54) is 25.7 Å². The molecule has 0 aliphatic rings. The van der Waals surface area contributed by atoms with Crippen molar-refractivity contribution in [2.45, 2.75) is 83.7 Å². The van der Waals surface area contributed by atoms with Gasteiger partial charge in [0.15, 0.2) is 0 Å². The number of hydrogen-bond acceptors (Lipinski definition) is 2. The number of aliphatic hydroxyl groups excluding tert-OH is 1. The molecule has 0 bridgehead atoms. The Hall–Kier alpha value is -0.830. The van der Waals surface area contributed by atoms with Crippen LogP contribution in [-0.4, -0.2) is 22.3 Å². The number of hydrogen-bond donors (Lipinski definition) is 2. The first kappa shape index (κ1) is 18.2. The van der Waals surface area contributed by atoms with Gasteiger partial charge in [-0.3, -0.25) is 4.79 Å². The number of carboxylic acid groups (broad SMARTS) is 1. The molecule has 0 aliphatic heterocycles. The van der Waals surface area contributed by atoms with E-state index in [1.807, 2.05) is 12.2 Å². The summed E-state index contributed by atoms with van der Waals surface area (Å²) in [5.74, 6) is -0.714. The first-order chi connectivity index (χ1) is 9.16. The summed E-state index contributed by atoms with van der Waals surface area (Å²) in [5, 5.41) is 18.2. The number of aliphatic hydroxyl groups is 1. The lowest BCUT2D eigenvalue weighted by atomic mass is 10.1. The maximum Gasteiger partial charge on any atom is 0.303 e. The zero-order chi connectivity index (χ0) is 14.3. The van der Waals surface area contributed by atoms with E-state index in [0.717, 1.165) is 38.5 Å². The van der Waals surface area contributed by atoms with Crippen molar-refractivity contribution in [2.24, 2.45) is 0 Å². The number of aliphatic carboxylic acids is 1. The molecule has 0 heterocycles. The molecule has 0 saturated heterocycles. The van der Waals surface area contributed by atoms with E-state index < -0.39 is 5.97 Å². The van der Waals surface area contributed by atoms with E-state index in [0.29, 0.717) is 0 Å². The summed E-state index contributed by atoms with van der Waals surface area (Å²) < 4.78 is 0. The molecule has 0 aliphatic carbocycles. The van der Waals surface area contributed by atoms with Crippen LogP contribution in [0.4, 0.5) is 0 Å². The Labute approximate surface area is 117 Å². The van der Waals surface area contributed by atoms with Gasteiger partial charge >= 0.3 is 5.97 Å². The van der Waals surface area contributed by atoms with Crippen molar-refractivity contribution in [3.63, 3.8) is 0 Å². The highest BCUT2D eigenvalue weighted by Gasteiger charge is 1.99. The highest BCUT2D eigenvalue weighted by Crippen LogP contribution is 2.09. The quantitative estimate of drug-likeness (QED) is 0.387. The van der Waals surface area contributed by atoms with Crippen molar-refractivity contribution >= 4 is 5.97 Å². The lowest BCUT2D eigenvalue weighted by Gasteiger charge is -2.05. The Morgan fingerprint density at radius 3 is 2.42 bits per heavy atom. The minimum atomic E-state index is -0.714. The molecule has 0 aromatic carbocycles. The summed E-state index contributed by atoms with van der Waals surface area (Å²) in [5.41, 5.74) is 0. The zero-order valence-corrected chi connectivity index (χ0v) is 12.3. The predicted molar refractivity (Wildman–Crippen MR) is 79.2 cm³/mol. The van der Waals surface area contributed by atoms with Crippen LogP contribution in [0.5, 0.6) is 0 Å². The number of allylic oxidation sites excluding steroid dienone is 1. The standard InChI is InChI=1S/C16H30O3/c1-2-3-4-6-9-12-15(17)13-10-7-5-8-11-14-16(18)19/h10,13,15,17H,2-9,11-12,14H2,1H3,(H,18,19)/b13-10+/t15-/m0/s1. The summed E-state index contributed by atoms with van der Waals surface area (Å²) in [6.07, 6.45) is 14.5. The molecule has 0 saturated carbocycles. The molecule has 0 spiro atoms. The number of carbonyl (C=O) groups is 1. The van der Waals surface area contributed by atoms with Crippen molar-refractivity contribution < 1.29 is 15.0 Å². The monoisotopic (exact) mass is 270 g/mol. The van der Waals surface area contributed by atoms with Crippen LogP contribution in [0.2, 0.25) is 0 Å². The Balaban J connectivity index is 3.31. The van der Waals surface area contributed by atoms with Crippen molar-refractivity contribution in [2.75, 3.05) is 0 Å². The third kappa shape index (κ3) is 15.1. The maximum atomic E-state index is 10.3. The molecule has 0 amide bonds. The second kappa shape index (κ2) is 13.6. The summed E-state index contributed by atoms with van der Waals surface area (Å²) in [4.78, 5) is 10.3. The lowest BCUT2D eigenvalue weighted by Crippen LogP contribution is -2.01. The Kier molecular flexibility index (Phi) is 13.0. The molecule has 1 atom stereocenters. The van der Waals surface area contributed by atoms with Gasteiger partial charge < -0.3 is 10.2 Å².